The summed E-state index contributed by atoms with van der Waals surface area (Å²) in [7, 11) is 0. The molecule has 5 nitrogen and oxygen atoms in total. The van der Waals surface area contributed by atoms with Crippen LogP contribution in [-0.2, 0) is 16.3 Å². The molecule has 0 spiro atoms. The van der Waals surface area contributed by atoms with Crippen LogP contribution in [0, 0.1) is 17.3 Å². The third kappa shape index (κ3) is 2.71. The SMILES string of the molecule is CC1(C)[C@H](C(=O)OCn2nnc3ccccc32)[C@@H]1C=C(Cl)Cl. The molecule has 0 bridgehead atoms. The molecule has 1 fully saturated rings. The highest BCUT2D eigenvalue weighted by atomic mass is 35.5. The first-order valence-corrected chi connectivity index (χ1v) is 7.64. The number of aromatic nitrogens is 3. The lowest BCUT2D eigenvalue weighted by Crippen LogP contribution is -2.14. The van der Waals surface area contributed by atoms with Crippen molar-refractivity contribution in [1.29, 1.82) is 0 Å². The van der Waals surface area contributed by atoms with Crippen LogP contribution in [0.1, 0.15) is 13.8 Å². The molecule has 1 aromatic heterocycles. The van der Waals surface area contributed by atoms with E-state index in [0.717, 1.165) is 11.0 Å². The second-order valence-corrected chi connectivity index (χ2v) is 6.96. The van der Waals surface area contributed by atoms with Gasteiger partial charge in [-0.2, -0.15) is 0 Å². The van der Waals surface area contributed by atoms with Crippen LogP contribution < -0.4 is 0 Å². The summed E-state index contributed by atoms with van der Waals surface area (Å²) < 4.78 is 7.11. The smallest absolute Gasteiger partial charge is 0.311 e. The van der Waals surface area contributed by atoms with Gasteiger partial charge in [0.15, 0.2) is 6.73 Å². The standard InChI is InChI=1S/C15H15Cl2N3O2/c1-15(2)9(7-12(16)17)13(15)14(21)22-8-20-11-6-4-3-5-10(11)18-19-20/h3-7,9,13H,8H2,1-2H3/t9-,13-/m0/s1. The first-order chi connectivity index (χ1) is 10.4. The van der Waals surface area contributed by atoms with Gasteiger partial charge in [-0.25, -0.2) is 4.68 Å². The van der Waals surface area contributed by atoms with Crippen molar-refractivity contribution in [3.05, 3.63) is 34.8 Å². The number of fused-ring (bicyclic) bond motifs is 1. The molecule has 116 valence electrons. The third-order valence-electron chi connectivity index (χ3n) is 4.22. The Bertz CT molecular complexity index is 750. The second-order valence-electron chi connectivity index (χ2n) is 5.95. The summed E-state index contributed by atoms with van der Waals surface area (Å²) >= 11 is 11.4. The van der Waals surface area contributed by atoms with Gasteiger partial charge in [-0.05, 0) is 29.5 Å². The average Bonchev–Trinajstić information content (AvgIpc) is 2.83. The normalized spacial score (nSPS) is 22.4. The van der Waals surface area contributed by atoms with Crippen LogP contribution in [0.2, 0.25) is 0 Å². The fourth-order valence-electron chi connectivity index (χ4n) is 2.80. The maximum Gasteiger partial charge on any atom is 0.311 e. The Labute approximate surface area is 137 Å². The van der Waals surface area contributed by atoms with Crippen LogP contribution in [0.15, 0.2) is 34.8 Å². The molecule has 0 aliphatic heterocycles. The quantitative estimate of drug-likeness (QED) is 0.799. The predicted molar refractivity (Wildman–Crippen MR) is 84.2 cm³/mol. The number of benzene rings is 1. The zero-order chi connectivity index (χ0) is 15.9. The third-order valence-corrected chi connectivity index (χ3v) is 4.47. The van der Waals surface area contributed by atoms with Gasteiger partial charge in [-0.15, -0.1) is 5.10 Å². The monoisotopic (exact) mass is 339 g/mol. The molecule has 1 heterocycles. The van der Waals surface area contributed by atoms with Gasteiger partial charge in [0.2, 0.25) is 0 Å². The minimum atomic E-state index is -0.277. The summed E-state index contributed by atoms with van der Waals surface area (Å²) in [4.78, 5) is 12.2. The van der Waals surface area contributed by atoms with E-state index < -0.39 is 0 Å². The van der Waals surface area contributed by atoms with E-state index in [4.69, 9.17) is 27.9 Å². The van der Waals surface area contributed by atoms with Gasteiger partial charge in [-0.3, -0.25) is 4.79 Å². The number of allylic oxidation sites excluding steroid dienone is 1. The van der Waals surface area contributed by atoms with Crippen molar-refractivity contribution in [2.24, 2.45) is 17.3 Å². The molecule has 3 rings (SSSR count). The van der Waals surface area contributed by atoms with E-state index in [0.29, 0.717) is 0 Å². The molecule has 0 radical (unpaired) electrons. The molecule has 1 aliphatic rings. The zero-order valence-corrected chi connectivity index (χ0v) is 13.7. The lowest BCUT2D eigenvalue weighted by molar-refractivity contribution is -0.150. The molecule has 2 aromatic rings. The highest BCUT2D eigenvalue weighted by Crippen LogP contribution is 2.60. The summed E-state index contributed by atoms with van der Waals surface area (Å²) in [5.74, 6) is -0.521. The molecule has 0 unspecified atom stereocenters. The molecule has 7 heteroatoms. The molecule has 0 saturated heterocycles. The van der Waals surface area contributed by atoms with Gasteiger partial charge < -0.3 is 4.74 Å². The molecule has 22 heavy (non-hydrogen) atoms. The Kier molecular flexibility index (Phi) is 3.87. The Morgan fingerprint density at radius 1 is 1.41 bits per heavy atom. The number of carbonyl (C=O) groups excluding carboxylic acids is 1. The van der Waals surface area contributed by atoms with Crippen molar-refractivity contribution in [3.63, 3.8) is 0 Å². The van der Waals surface area contributed by atoms with Gasteiger partial charge in [0.25, 0.3) is 0 Å². The second kappa shape index (κ2) is 5.56. The van der Waals surface area contributed by atoms with Crippen molar-refractivity contribution >= 4 is 40.2 Å². The highest BCUT2D eigenvalue weighted by molar-refractivity contribution is 6.55. The van der Waals surface area contributed by atoms with Crippen LogP contribution in [-0.4, -0.2) is 21.0 Å². The van der Waals surface area contributed by atoms with Crippen molar-refractivity contribution in [2.45, 2.75) is 20.6 Å². The maximum atomic E-state index is 12.2. The number of para-hydroxylation sites is 1. The zero-order valence-electron chi connectivity index (χ0n) is 12.2. The first-order valence-electron chi connectivity index (χ1n) is 6.89. The minimum absolute atomic E-state index is 0.00232. The van der Waals surface area contributed by atoms with Crippen molar-refractivity contribution < 1.29 is 9.53 Å². The lowest BCUT2D eigenvalue weighted by atomic mass is 10.1. The number of carbonyl (C=O) groups is 1. The van der Waals surface area contributed by atoms with E-state index in [9.17, 15) is 4.79 Å². The van der Waals surface area contributed by atoms with Gasteiger partial charge in [0.1, 0.15) is 10.0 Å². The fraction of sp³-hybridized carbons (Fsp3) is 0.400. The molecule has 0 amide bonds. The lowest BCUT2D eigenvalue weighted by Gasteiger charge is -2.06. The van der Waals surface area contributed by atoms with Crippen LogP contribution in [0.4, 0.5) is 0 Å². The predicted octanol–water partition coefficient (Wildman–Crippen LogP) is 3.52. The maximum absolute atomic E-state index is 12.2. The Morgan fingerprint density at radius 3 is 2.86 bits per heavy atom. The van der Waals surface area contributed by atoms with Crippen molar-refractivity contribution in [3.8, 4) is 0 Å². The average molecular weight is 340 g/mol. The topological polar surface area (TPSA) is 57.0 Å². The largest absolute Gasteiger partial charge is 0.442 e. The molecule has 2 atom stereocenters. The summed E-state index contributed by atoms with van der Waals surface area (Å²) in [5.41, 5.74) is 1.39. The summed E-state index contributed by atoms with van der Waals surface area (Å²) in [5, 5.41) is 8.00. The highest BCUT2D eigenvalue weighted by Gasteiger charge is 2.61. The van der Waals surface area contributed by atoms with E-state index in [-0.39, 0.29) is 34.4 Å². The number of hydrogen-bond donors (Lipinski definition) is 0. The van der Waals surface area contributed by atoms with E-state index in [1.165, 1.54) is 0 Å². The number of hydrogen-bond acceptors (Lipinski definition) is 4. The van der Waals surface area contributed by atoms with E-state index >= 15 is 0 Å². The molecular formula is C15H15Cl2N3O2. The fourth-order valence-corrected chi connectivity index (χ4v) is 3.07. The summed E-state index contributed by atoms with van der Waals surface area (Å²) in [6, 6.07) is 7.50. The van der Waals surface area contributed by atoms with Crippen LogP contribution >= 0.6 is 23.2 Å². The Morgan fingerprint density at radius 2 is 2.14 bits per heavy atom. The molecule has 1 saturated carbocycles. The van der Waals surface area contributed by atoms with E-state index in [1.54, 1.807) is 10.8 Å². The Balaban J connectivity index is 1.67. The Hall–Kier alpha value is -1.59. The molecular weight excluding hydrogens is 325 g/mol. The van der Waals surface area contributed by atoms with Crippen LogP contribution in [0.5, 0.6) is 0 Å². The van der Waals surface area contributed by atoms with Gasteiger partial charge in [0, 0.05) is 0 Å². The first kappa shape index (κ1) is 15.3. The van der Waals surface area contributed by atoms with E-state index in [1.807, 2.05) is 38.1 Å². The number of ether oxygens (including phenoxy) is 1. The van der Waals surface area contributed by atoms with Crippen LogP contribution in [0.25, 0.3) is 11.0 Å². The van der Waals surface area contributed by atoms with Gasteiger partial charge in [0.05, 0.1) is 11.4 Å². The number of halogens is 2. The van der Waals surface area contributed by atoms with Crippen molar-refractivity contribution in [1.82, 2.24) is 15.0 Å². The van der Waals surface area contributed by atoms with E-state index in [2.05, 4.69) is 10.3 Å². The summed E-state index contributed by atoms with van der Waals surface area (Å²) in [6.45, 7) is 4.01. The van der Waals surface area contributed by atoms with Gasteiger partial charge >= 0.3 is 5.97 Å². The molecule has 0 N–H and O–H groups in total. The number of rotatable bonds is 4. The summed E-state index contributed by atoms with van der Waals surface area (Å²) in [6.07, 6.45) is 1.69. The van der Waals surface area contributed by atoms with Crippen LogP contribution in [0.3, 0.4) is 0 Å². The van der Waals surface area contributed by atoms with Gasteiger partial charge in [-0.1, -0.05) is 54.4 Å². The number of esters is 1. The minimum Gasteiger partial charge on any atom is -0.442 e. The molecule has 1 aliphatic carbocycles. The number of nitrogens with zero attached hydrogens (tertiary/aromatic N) is 3. The molecule has 1 aromatic carbocycles. The van der Waals surface area contributed by atoms with Crippen molar-refractivity contribution in [2.75, 3.05) is 0 Å².